The van der Waals surface area contributed by atoms with Crippen LogP contribution in [0.1, 0.15) is 16.2 Å². The van der Waals surface area contributed by atoms with Crippen molar-refractivity contribution in [3.05, 3.63) is 47.8 Å². The number of methoxy groups -OCH3 is 1. The molecule has 1 aromatic heterocycles. The van der Waals surface area contributed by atoms with E-state index in [2.05, 4.69) is 5.10 Å². The number of ether oxygens (including phenoxy) is 1. The van der Waals surface area contributed by atoms with Crippen LogP contribution >= 0.6 is 0 Å². The van der Waals surface area contributed by atoms with Gasteiger partial charge < -0.3 is 14.7 Å². The van der Waals surface area contributed by atoms with Gasteiger partial charge in [-0.2, -0.15) is 5.10 Å². The second-order valence-corrected chi connectivity index (χ2v) is 4.93. The van der Waals surface area contributed by atoms with Crippen LogP contribution in [0, 0.1) is 6.92 Å². The Bertz CT molecular complexity index is 610. The molecule has 1 heterocycles. The second-order valence-electron chi connectivity index (χ2n) is 4.93. The molecule has 0 aliphatic heterocycles. The number of aliphatic hydroxyl groups excluding tert-OH is 1. The molecular weight excluding hydrogens is 282 g/mol. The molecule has 118 valence electrons. The van der Waals surface area contributed by atoms with Gasteiger partial charge in [-0.3, -0.25) is 4.79 Å². The lowest BCUT2D eigenvalue weighted by Gasteiger charge is -2.20. The van der Waals surface area contributed by atoms with Crippen LogP contribution in [0.5, 0.6) is 0 Å². The van der Waals surface area contributed by atoms with Crippen LogP contribution in [0.25, 0.3) is 5.69 Å². The number of hydrogen-bond donors (Lipinski definition) is 1. The largest absolute Gasteiger partial charge is 0.395 e. The van der Waals surface area contributed by atoms with Crippen LogP contribution in [0.3, 0.4) is 0 Å². The van der Waals surface area contributed by atoms with Gasteiger partial charge in [-0.15, -0.1) is 0 Å². The monoisotopic (exact) mass is 303 g/mol. The van der Waals surface area contributed by atoms with Crippen molar-refractivity contribution in [2.45, 2.75) is 6.92 Å². The minimum Gasteiger partial charge on any atom is -0.395 e. The molecule has 0 atom stereocenters. The van der Waals surface area contributed by atoms with Crippen LogP contribution in [0.2, 0.25) is 0 Å². The van der Waals surface area contributed by atoms with E-state index in [0.717, 1.165) is 11.4 Å². The van der Waals surface area contributed by atoms with Gasteiger partial charge >= 0.3 is 0 Å². The van der Waals surface area contributed by atoms with Gasteiger partial charge in [0.05, 0.1) is 18.9 Å². The molecule has 0 saturated heterocycles. The van der Waals surface area contributed by atoms with Gasteiger partial charge in [0.1, 0.15) is 0 Å². The van der Waals surface area contributed by atoms with Crippen LogP contribution < -0.4 is 0 Å². The molecule has 0 unspecified atom stereocenters. The third-order valence-corrected chi connectivity index (χ3v) is 3.33. The highest BCUT2D eigenvalue weighted by Crippen LogP contribution is 2.13. The van der Waals surface area contributed by atoms with Crippen molar-refractivity contribution in [2.24, 2.45) is 0 Å². The SMILES string of the molecule is COCCN(CCO)C(=O)c1cc(C)n(-c2ccccc2)n1. The Labute approximate surface area is 129 Å². The third kappa shape index (κ3) is 3.72. The van der Waals surface area contributed by atoms with Crippen LogP contribution in [0.15, 0.2) is 36.4 Å². The molecule has 0 spiro atoms. The summed E-state index contributed by atoms with van der Waals surface area (Å²) in [4.78, 5) is 14.1. The molecule has 2 aromatic rings. The fourth-order valence-electron chi connectivity index (χ4n) is 2.21. The zero-order valence-electron chi connectivity index (χ0n) is 12.9. The maximum absolute atomic E-state index is 12.5. The number of aryl methyl sites for hydroxylation is 1. The Balaban J connectivity index is 2.23. The summed E-state index contributed by atoms with van der Waals surface area (Å²) in [6.07, 6.45) is 0. The second kappa shape index (κ2) is 7.72. The van der Waals surface area contributed by atoms with Crippen molar-refractivity contribution in [3.63, 3.8) is 0 Å². The first-order valence-electron chi connectivity index (χ1n) is 7.18. The topological polar surface area (TPSA) is 67.6 Å². The summed E-state index contributed by atoms with van der Waals surface area (Å²) in [5.41, 5.74) is 2.15. The number of nitrogens with zero attached hydrogens (tertiary/aromatic N) is 3. The summed E-state index contributed by atoms with van der Waals surface area (Å²) in [6, 6.07) is 11.4. The lowest BCUT2D eigenvalue weighted by Crippen LogP contribution is -2.36. The summed E-state index contributed by atoms with van der Waals surface area (Å²) >= 11 is 0. The number of carbonyl (C=O) groups is 1. The minimum absolute atomic E-state index is 0.0895. The minimum atomic E-state index is -0.205. The molecule has 6 nitrogen and oxygen atoms in total. The van der Waals surface area contributed by atoms with E-state index in [4.69, 9.17) is 9.84 Å². The Morgan fingerprint density at radius 2 is 2.05 bits per heavy atom. The van der Waals surface area contributed by atoms with Crippen molar-refractivity contribution < 1.29 is 14.6 Å². The van der Waals surface area contributed by atoms with E-state index >= 15 is 0 Å². The lowest BCUT2D eigenvalue weighted by atomic mass is 10.3. The first-order valence-corrected chi connectivity index (χ1v) is 7.18. The summed E-state index contributed by atoms with van der Waals surface area (Å²) in [7, 11) is 1.58. The summed E-state index contributed by atoms with van der Waals surface area (Å²) in [5, 5.41) is 13.5. The van der Waals surface area contributed by atoms with E-state index < -0.39 is 0 Å². The number of aromatic nitrogens is 2. The molecule has 1 aromatic carbocycles. The van der Waals surface area contributed by atoms with E-state index in [1.54, 1.807) is 22.8 Å². The maximum atomic E-state index is 12.5. The summed E-state index contributed by atoms with van der Waals surface area (Å²) in [6.45, 7) is 2.92. The molecule has 1 N–H and O–H groups in total. The van der Waals surface area contributed by atoms with Gasteiger partial charge in [-0.1, -0.05) is 18.2 Å². The van der Waals surface area contributed by atoms with E-state index in [9.17, 15) is 4.79 Å². The lowest BCUT2D eigenvalue weighted by molar-refractivity contribution is 0.0650. The van der Waals surface area contributed by atoms with Crippen LogP contribution in [-0.4, -0.2) is 59.1 Å². The molecule has 0 saturated carbocycles. The number of benzene rings is 1. The smallest absolute Gasteiger partial charge is 0.274 e. The fraction of sp³-hybridized carbons (Fsp3) is 0.375. The van der Waals surface area contributed by atoms with E-state index in [0.29, 0.717) is 18.8 Å². The van der Waals surface area contributed by atoms with Gasteiger partial charge in [-0.25, -0.2) is 4.68 Å². The van der Waals surface area contributed by atoms with Gasteiger partial charge in [0.15, 0.2) is 5.69 Å². The van der Waals surface area contributed by atoms with E-state index in [1.807, 2.05) is 37.3 Å². The average molecular weight is 303 g/mol. The number of para-hydroxylation sites is 1. The Morgan fingerprint density at radius 3 is 2.68 bits per heavy atom. The highest BCUT2D eigenvalue weighted by Gasteiger charge is 2.19. The van der Waals surface area contributed by atoms with Gasteiger partial charge in [0, 0.05) is 25.9 Å². The quantitative estimate of drug-likeness (QED) is 0.836. The molecule has 0 radical (unpaired) electrons. The van der Waals surface area contributed by atoms with E-state index in [1.165, 1.54) is 0 Å². The maximum Gasteiger partial charge on any atom is 0.274 e. The number of carbonyl (C=O) groups excluding carboxylic acids is 1. The predicted octanol–water partition coefficient (Wildman–Crippen LogP) is 1.26. The van der Waals surface area contributed by atoms with Crippen molar-refractivity contribution in [3.8, 4) is 5.69 Å². The number of amides is 1. The van der Waals surface area contributed by atoms with Crippen molar-refractivity contribution >= 4 is 5.91 Å². The Morgan fingerprint density at radius 1 is 1.32 bits per heavy atom. The molecule has 0 fully saturated rings. The van der Waals surface area contributed by atoms with Crippen molar-refractivity contribution in [1.29, 1.82) is 0 Å². The molecule has 6 heteroatoms. The molecule has 0 aliphatic rings. The first kappa shape index (κ1) is 16.2. The molecule has 2 rings (SSSR count). The van der Waals surface area contributed by atoms with Gasteiger partial charge in [-0.05, 0) is 25.1 Å². The fourth-order valence-corrected chi connectivity index (χ4v) is 2.21. The zero-order valence-corrected chi connectivity index (χ0v) is 12.9. The number of rotatable bonds is 7. The molecular formula is C16H21N3O3. The summed E-state index contributed by atoms with van der Waals surface area (Å²) < 4.78 is 6.74. The van der Waals surface area contributed by atoms with Crippen LogP contribution in [0.4, 0.5) is 0 Å². The number of aliphatic hydroxyl groups is 1. The van der Waals surface area contributed by atoms with Crippen molar-refractivity contribution in [2.75, 3.05) is 33.4 Å². The van der Waals surface area contributed by atoms with Crippen LogP contribution in [-0.2, 0) is 4.74 Å². The molecule has 0 bridgehead atoms. The number of hydrogen-bond acceptors (Lipinski definition) is 4. The Hall–Kier alpha value is -2.18. The molecule has 1 amide bonds. The highest BCUT2D eigenvalue weighted by molar-refractivity contribution is 5.92. The van der Waals surface area contributed by atoms with Crippen molar-refractivity contribution in [1.82, 2.24) is 14.7 Å². The van der Waals surface area contributed by atoms with E-state index in [-0.39, 0.29) is 19.1 Å². The Kier molecular flexibility index (Phi) is 5.68. The molecule has 0 aliphatic carbocycles. The third-order valence-electron chi connectivity index (χ3n) is 3.33. The van der Waals surface area contributed by atoms with Gasteiger partial charge in [0.2, 0.25) is 0 Å². The predicted molar refractivity (Wildman–Crippen MR) is 83.2 cm³/mol. The first-order chi connectivity index (χ1) is 10.7. The molecule has 22 heavy (non-hydrogen) atoms. The average Bonchev–Trinajstić information content (AvgIpc) is 2.93. The normalized spacial score (nSPS) is 10.7. The standard InChI is InChI=1S/C16H21N3O3/c1-13-12-15(16(21)18(8-10-20)9-11-22-2)17-19(13)14-6-4-3-5-7-14/h3-7,12,20H,8-11H2,1-2H3. The summed E-state index contributed by atoms with van der Waals surface area (Å²) in [5.74, 6) is -0.205. The van der Waals surface area contributed by atoms with Gasteiger partial charge in [0.25, 0.3) is 5.91 Å². The highest BCUT2D eigenvalue weighted by atomic mass is 16.5. The zero-order chi connectivity index (χ0) is 15.9.